The summed E-state index contributed by atoms with van der Waals surface area (Å²) in [6, 6.07) is 24.7. The Kier molecular flexibility index (Phi) is 8.65. The predicted octanol–water partition coefficient (Wildman–Crippen LogP) is 3.25. The number of fused-ring (bicyclic) bond motifs is 1. The van der Waals surface area contributed by atoms with Gasteiger partial charge in [-0.25, -0.2) is 10.0 Å². The summed E-state index contributed by atoms with van der Waals surface area (Å²) < 4.78 is 0. The predicted molar refractivity (Wildman–Crippen MR) is 156 cm³/mol. The van der Waals surface area contributed by atoms with E-state index in [0.717, 1.165) is 16.7 Å². The fourth-order valence-electron chi connectivity index (χ4n) is 5.73. The van der Waals surface area contributed by atoms with Crippen LogP contribution in [0.3, 0.4) is 0 Å². The minimum atomic E-state index is -0.852. The number of amides is 3. The summed E-state index contributed by atoms with van der Waals surface area (Å²) in [5.41, 5.74) is 3.09. The van der Waals surface area contributed by atoms with Crippen molar-refractivity contribution in [1.82, 2.24) is 19.8 Å². The van der Waals surface area contributed by atoms with Gasteiger partial charge >= 0.3 is 0 Å². The van der Waals surface area contributed by atoms with Crippen LogP contribution in [0.25, 0.3) is 0 Å². The number of nitriles is 1. The first kappa shape index (κ1) is 28.6. The molecule has 42 heavy (non-hydrogen) atoms. The Balaban J connectivity index is 1.50. The minimum Gasteiger partial charge on any atom is -0.508 e. The van der Waals surface area contributed by atoms with E-state index in [2.05, 4.69) is 12.6 Å². The molecule has 0 unspecified atom stereocenters. The summed E-state index contributed by atoms with van der Waals surface area (Å²) in [4.78, 5) is 44.8. The van der Waals surface area contributed by atoms with Crippen LogP contribution in [0.5, 0.6) is 5.75 Å². The van der Waals surface area contributed by atoms with Gasteiger partial charge in [0.25, 0.3) is 0 Å². The zero-order valence-electron chi connectivity index (χ0n) is 23.3. The summed E-state index contributed by atoms with van der Waals surface area (Å²) in [5, 5.41) is 22.5. The summed E-state index contributed by atoms with van der Waals surface area (Å²) in [6.07, 6.45) is 1.95. The lowest BCUT2D eigenvalue weighted by Crippen LogP contribution is -2.75. The molecule has 0 radical (unpaired) electrons. The molecule has 0 spiro atoms. The first-order valence-corrected chi connectivity index (χ1v) is 14.0. The lowest BCUT2D eigenvalue weighted by molar-refractivity contribution is -0.205. The number of hydrazine groups is 1. The number of aromatic hydroxyl groups is 1. The van der Waals surface area contributed by atoms with Crippen LogP contribution in [0.4, 0.5) is 0 Å². The van der Waals surface area contributed by atoms with Gasteiger partial charge in [-0.15, -0.1) is 6.58 Å². The summed E-state index contributed by atoms with van der Waals surface area (Å²) in [7, 11) is 0. The molecule has 2 fully saturated rings. The number of carbonyl (C=O) groups is 3. The number of nitrogens with zero attached hydrogens (tertiary/aromatic N) is 5. The topological polar surface area (TPSA) is 108 Å². The molecular formula is C33H33N5O4. The van der Waals surface area contributed by atoms with Crippen LogP contribution in [-0.2, 0) is 33.8 Å². The van der Waals surface area contributed by atoms with Gasteiger partial charge in [0.2, 0.25) is 17.7 Å². The summed E-state index contributed by atoms with van der Waals surface area (Å²) >= 11 is 0. The Morgan fingerprint density at radius 2 is 1.74 bits per heavy atom. The number of hydrogen-bond acceptors (Lipinski definition) is 6. The number of hydrogen-bond donors (Lipinski definition) is 1. The van der Waals surface area contributed by atoms with Crippen LogP contribution >= 0.6 is 0 Å². The number of piperazine rings is 1. The van der Waals surface area contributed by atoms with Gasteiger partial charge in [0, 0.05) is 25.9 Å². The molecule has 1 N–H and O–H groups in total. The third kappa shape index (κ3) is 6.19. The number of rotatable bonds is 9. The van der Waals surface area contributed by atoms with E-state index >= 15 is 0 Å². The molecule has 2 saturated heterocycles. The van der Waals surface area contributed by atoms with E-state index in [9.17, 15) is 24.8 Å². The van der Waals surface area contributed by atoms with Crippen molar-refractivity contribution in [3.8, 4) is 11.8 Å². The molecule has 214 valence electrons. The summed E-state index contributed by atoms with van der Waals surface area (Å²) in [5.74, 6) is -0.511. The SMILES string of the molecule is C=CCN1CC(=O)N2[C@@H](Cc3ccc(O)cc3)C(=O)N(Cc3cccc(C#N)c3)C[C@@H]2N1C(=O)CCc1ccccc1. The van der Waals surface area contributed by atoms with Crippen LogP contribution in [0.2, 0.25) is 0 Å². The normalized spacial score (nSPS) is 18.9. The first-order valence-electron chi connectivity index (χ1n) is 14.0. The molecule has 0 aliphatic carbocycles. The highest BCUT2D eigenvalue weighted by molar-refractivity contribution is 5.92. The molecule has 0 bridgehead atoms. The highest BCUT2D eigenvalue weighted by atomic mass is 16.3. The molecule has 2 atom stereocenters. The van der Waals surface area contributed by atoms with Crippen molar-refractivity contribution < 1.29 is 19.5 Å². The molecule has 3 aromatic carbocycles. The second-order valence-corrected chi connectivity index (χ2v) is 10.6. The average Bonchev–Trinajstić information content (AvgIpc) is 3.00. The second-order valence-electron chi connectivity index (χ2n) is 10.6. The minimum absolute atomic E-state index is 0.0524. The van der Waals surface area contributed by atoms with Gasteiger partial charge in [0.1, 0.15) is 18.0 Å². The molecule has 0 saturated carbocycles. The molecule has 2 aliphatic rings. The van der Waals surface area contributed by atoms with Gasteiger partial charge < -0.3 is 14.9 Å². The molecule has 5 rings (SSSR count). The maximum absolute atomic E-state index is 14.0. The van der Waals surface area contributed by atoms with Crippen molar-refractivity contribution in [1.29, 1.82) is 5.26 Å². The van der Waals surface area contributed by atoms with E-state index in [0.29, 0.717) is 18.5 Å². The average molecular weight is 564 g/mol. The molecule has 9 nitrogen and oxygen atoms in total. The monoisotopic (exact) mass is 563 g/mol. The summed E-state index contributed by atoms with van der Waals surface area (Å²) in [6.45, 7) is 4.43. The first-order chi connectivity index (χ1) is 20.4. The molecule has 9 heteroatoms. The standard InChI is InChI=1S/C33H33N5O4/c1-2-17-36-23-32(41)37-29(19-25-11-14-28(39)15-12-25)33(42)35(21-27-10-6-9-26(18-27)20-34)22-30(37)38(36)31(40)16-13-24-7-4-3-5-8-24/h2-12,14-15,18,29-30,39H,1,13,16-17,19,21-23H2/t29-,30-/m0/s1. The van der Waals surface area contributed by atoms with E-state index < -0.39 is 12.2 Å². The molecule has 0 aromatic heterocycles. The van der Waals surface area contributed by atoms with Crippen molar-refractivity contribution in [3.05, 3.63) is 114 Å². The quantitative estimate of drug-likeness (QED) is 0.401. The third-order valence-electron chi connectivity index (χ3n) is 7.69. The van der Waals surface area contributed by atoms with E-state index in [4.69, 9.17) is 0 Å². The lowest BCUT2D eigenvalue weighted by atomic mass is 9.98. The number of aryl methyl sites for hydroxylation is 1. The maximum atomic E-state index is 14.0. The van der Waals surface area contributed by atoms with Crippen LogP contribution < -0.4 is 0 Å². The largest absolute Gasteiger partial charge is 0.508 e. The van der Waals surface area contributed by atoms with Gasteiger partial charge in [-0.3, -0.25) is 14.4 Å². The number of benzene rings is 3. The van der Waals surface area contributed by atoms with Gasteiger partial charge in [-0.2, -0.15) is 5.26 Å². The lowest BCUT2D eigenvalue weighted by Gasteiger charge is -2.55. The van der Waals surface area contributed by atoms with Crippen LogP contribution in [0.15, 0.2) is 91.5 Å². The Morgan fingerprint density at radius 1 is 1.00 bits per heavy atom. The van der Waals surface area contributed by atoms with E-state index in [1.807, 2.05) is 36.4 Å². The van der Waals surface area contributed by atoms with Gasteiger partial charge in [-0.1, -0.05) is 60.7 Å². The third-order valence-corrected chi connectivity index (χ3v) is 7.69. The fourth-order valence-corrected chi connectivity index (χ4v) is 5.73. The smallest absolute Gasteiger partial charge is 0.246 e. The van der Waals surface area contributed by atoms with E-state index in [-0.39, 0.29) is 55.9 Å². The van der Waals surface area contributed by atoms with Gasteiger partial charge in [0.15, 0.2) is 0 Å². The highest BCUT2D eigenvalue weighted by Gasteiger charge is 2.50. The van der Waals surface area contributed by atoms with Crippen molar-refractivity contribution >= 4 is 17.7 Å². The fraction of sp³-hybridized carbons (Fsp3) is 0.273. The number of carbonyl (C=O) groups excluding carboxylic acids is 3. The van der Waals surface area contributed by atoms with Gasteiger partial charge in [0.05, 0.1) is 24.7 Å². The van der Waals surface area contributed by atoms with E-state index in [1.54, 1.807) is 68.4 Å². The number of phenolic OH excluding ortho intramolecular Hbond substituents is 1. The maximum Gasteiger partial charge on any atom is 0.246 e. The van der Waals surface area contributed by atoms with Crippen molar-refractivity contribution in [2.24, 2.45) is 0 Å². The van der Waals surface area contributed by atoms with Crippen LogP contribution in [0, 0.1) is 11.3 Å². The Labute approximate surface area is 245 Å². The molecule has 2 heterocycles. The van der Waals surface area contributed by atoms with Crippen molar-refractivity contribution in [3.63, 3.8) is 0 Å². The molecule has 3 aromatic rings. The molecule has 3 amide bonds. The van der Waals surface area contributed by atoms with Crippen LogP contribution in [-0.4, -0.2) is 74.5 Å². The molecule has 2 aliphatic heterocycles. The molecular weight excluding hydrogens is 530 g/mol. The highest BCUT2D eigenvalue weighted by Crippen LogP contribution is 2.30. The zero-order chi connectivity index (χ0) is 29.6. The van der Waals surface area contributed by atoms with Crippen molar-refractivity contribution in [2.75, 3.05) is 19.6 Å². The Morgan fingerprint density at radius 3 is 2.45 bits per heavy atom. The second kappa shape index (κ2) is 12.7. The zero-order valence-corrected chi connectivity index (χ0v) is 23.3. The Bertz CT molecular complexity index is 1500. The number of phenols is 1. The van der Waals surface area contributed by atoms with Crippen LogP contribution in [0.1, 0.15) is 28.7 Å². The Hall–Kier alpha value is -4.94. The van der Waals surface area contributed by atoms with E-state index in [1.165, 1.54) is 0 Å². The van der Waals surface area contributed by atoms with Crippen molar-refractivity contribution in [2.45, 2.75) is 38.0 Å². The van der Waals surface area contributed by atoms with Gasteiger partial charge in [-0.05, 0) is 47.4 Å².